The zero-order chi connectivity index (χ0) is 15.0. The van der Waals surface area contributed by atoms with Crippen LogP contribution in [0.5, 0.6) is 0 Å². The molecule has 5 heteroatoms. The quantitative estimate of drug-likeness (QED) is 0.659. The van der Waals surface area contributed by atoms with Gasteiger partial charge in [-0.2, -0.15) is 0 Å². The van der Waals surface area contributed by atoms with E-state index in [1.165, 1.54) is 38.5 Å². The number of nitrogens with two attached hydrogens (primary N) is 1. The highest BCUT2D eigenvalue weighted by Crippen LogP contribution is 2.40. The Kier molecular flexibility index (Phi) is 4.02. The molecule has 0 aliphatic heterocycles. The maximum atomic E-state index is 5.66. The molecule has 2 aliphatic carbocycles. The van der Waals surface area contributed by atoms with E-state index >= 15 is 0 Å². The van der Waals surface area contributed by atoms with E-state index in [0.717, 1.165) is 28.9 Å². The third kappa shape index (κ3) is 2.84. The molecule has 3 rings (SSSR count). The molecule has 2 saturated carbocycles. The molecular formula is C16H27N5. The predicted octanol–water partition coefficient (Wildman–Crippen LogP) is 2.96. The summed E-state index contributed by atoms with van der Waals surface area (Å²) >= 11 is 0. The fourth-order valence-electron chi connectivity index (χ4n) is 3.56. The molecule has 2 fully saturated rings. The summed E-state index contributed by atoms with van der Waals surface area (Å²) < 4.78 is 0. The molecule has 0 amide bonds. The first-order valence-electron chi connectivity index (χ1n) is 8.19. The minimum Gasteiger partial charge on any atom is -0.356 e. The molecule has 2 aliphatic rings. The van der Waals surface area contributed by atoms with Crippen molar-refractivity contribution in [3.05, 3.63) is 11.4 Å². The molecule has 116 valence electrons. The van der Waals surface area contributed by atoms with E-state index in [4.69, 9.17) is 10.8 Å². The Morgan fingerprint density at radius 2 is 1.86 bits per heavy atom. The highest BCUT2D eigenvalue weighted by molar-refractivity contribution is 5.58. The number of nitrogens with one attached hydrogen (secondary N) is 1. The van der Waals surface area contributed by atoms with E-state index < -0.39 is 0 Å². The van der Waals surface area contributed by atoms with E-state index in [9.17, 15) is 0 Å². The lowest BCUT2D eigenvalue weighted by Crippen LogP contribution is -2.40. The van der Waals surface area contributed by atoms with E-state index in [1.807, 2.05) is 0 Å². The molecule has 21 heavy (non-hydrogen) atoms. The largest absolute Gasteiger partial charge is 0.356 e. The van der Waals surface area contributed by atoms with Gasteiger partial charge in [0.25, 0.3) is 0 Å². The Labute approximate surface area is 127 Å². The van der Waals surface area contributed by atoms with Crippen LogP contribution < -0.4 is 16.2 Å². The van der Waals surface area contributed by atoms with Crippen LogP contribution >= 0.6 is 0 Å². The maximum absolute atomic E-state index is 5.66. The van der Waals surface area contributed by atoms with Gasteiger partial charge in [0.05, 0.1) is 0 Å². The van der Waals surface area contributed by atoms with Crippen LogP contribution in [0.4, 0.5) is 11.6 Å². The third-order valence-corrected chi connectivity index (χ3v) is 5.11. The summed E-state index contributed by atoms with van der Waals surface area (Å²) in [5, 5.41) is 0. The summed E-state index contributed by atoms with van der Waals surface area (Å²) in [5.74, 6) is 9.70. The van der Waals surface area contributed by atoms with Gasteiger partial charge in [-0.3, -0.25) is 0 Å². The molecule has 0 aromatic carbocycles. The van der Waals surface area contributed by atoms with Crippen LogP contribution in [-0.4, -0.2) is 23.1 Å². The fraction of sp³-hybridized carbons (Fsp3) is 0.750. The van der Waals surface area contributed by atoms with Gasteiger partial charge in [-0.1, -0.05) is 19.8 Å². The number of hydrogen-bond acceptors (Lipinski definition) is 5. The van der Waals surface area contributed by atoms with Crippen molar-refractivity contribution >= 4 is 11.6 Å². The molecular weight excluding hydrogens is 262 g/mol. The molecule has 2 atom stereocenters. The minimum atomic E-state index is 0.536. The molecule has 0 spiro atoms. The van der Waals surface area contributed by atoms with Crippen LogP contribution in [0.25, 0.3) is 0 Å². The van der Waals surface area contributed by atoms with Gasteiger partial charge < -0.3 is 10.3 Å². The van der Waals surface area contributed by atoms with Crippen LogP contribution in [-0.2, 0) is 0 Å². The summed E-state index contributed by atoms with van der Waals surface area (Å²) in [4.78, 5) is 11.8. The van der Waals surface area contributed by atoms with Crippen molar-refractivity contribution in [3.8, 4) is 0 Å². The zero-order valence-corrected chi connectivity index (χ0v) is 13.4. The number of nitrogen functional groups attached to an aromatic ring is 1. The van der Waals surface area contributed by atoms with E-state index in [-0.39, 0.29) is 0 Å². The Morgan fingerprint density at radius 1 is 1.14 bits per heavy atom. The van der Waals surface area contributed by atoms with Gasteiger partial charge in [0.1, 0.15) is 17.5 Å². The van der Waals surface area contributed by atoms with Gasteiger partial charge in [-0.05, 0) is 38.5 Å². The Balaban J connectivity index is 1.93. The molecule has 2 unspecified atom stereocenters. The van der Waals surface area contributed by atoms with Crippen molar-refractivity contribution in [2.45, 2.75) is 64.3 Å². The van der Waals surface area contributed by atoms with Crippen LogP contribution in [0.2, 0.25) is 0 Å². The first-order chi connectivity index (χ1) is 10.1. The third-order valence-electron chi connectivity index (χ3n) is 5.11. The molecule has 0 radical (unpaired) electrons. The van der Waals surface area contributed by atoms with Crippen LogP contribution in [0.3, 0.4) is 0 Å². The summed E-state index contributed by atoms with van der Waals surface area (Å²) in [5.41, 5.74) is 3.81. The van der Waals surface area contributed by atoms with Gasteiger partial charge >= 0.3 is 0 Å². The number of anilines is 2. The number of nitrogens with zero attached hydrogens (tertiary/aromatic N) is 3. The lowest BCUT2D eigenvalue weighted by molar-refractivity contribution is 0.320. The zero-order valence-electron chi connectivity index (χ0n) is 13.4. The summed E-state index contributed by atoms with van der Waals surface area (Å²) in [6.07, 6.45) is 7.66. The number of hydrogen-bond donors (Lipinski definition) is 2. The smallest absolute Gasteiger partial charge is 0.148 e. The lowest BCUT2D eigenvalue weighted by atomic mass is 9.85. The average molecular weight is 289 g/mol. The normalized spacial score (nSPS) is 25.7. The van der Waals surface area contributed by atoms with Gasteiger partial charge in [-0.15, -0.1) is 0 Å². The Morgan fingerprint density at radius 3 is 2.48 bits per heavy atom. The molecule has 1 heterocycles. The van der Waals surface area contributed by atoms with Gasteiger partial charge in [0.2, 0.25) is 0 Å². The summed E-state index contributed by atoms with van der Waals surface area (Å²) in [6.45, 7) is 4.42. The van der Waals surface area contributed by atoms with Gasteiger partial charge in [-0.25, -0.2) is 15.8 Å². The van der Waals surface area contributed by atoms with Crippen LogP contribution in [0.1, 0.15) is 62.8 Å². The first kappa shape index (κ1) is 14.6. The van der Waals surface area contributed by atoms with Gasteiger partial charge in [0.15, 0.2) is 0 Å². The lowest BCUT2D eigenvalue weighted by Gasteiger charge is -2.37. The maximum Gasteiger partial charge on any atom is 0.148 e. The molecule has 0 saturated heterocycles. The van der Waals surface area contributed by atoms with Gasteiger partial charge in [0, 0.05) is 24.6 Å². The highest BCUT2D eigenvalue weighted by Gasteiger charge is 2.31. The Hall–Kier alpha value is -1.36. The number of aromatic nitrogens is 2. The van der Waals surface area contributed by atoms with Crippen LogP contribution in [0, 0.1) is 12.8 Å². The first-order valence-corrected chi connectivity index (χ1v) is 8.19. The topological polar surface area (TPSA) is 67.1 Å². The predicted molar refractivity (Wildman–Crippen MR) is 86.4 cm³/mol. The highest BCUT2D eigenvalue weighted by atomic mass is 15.3. The molecule has 1 aromatic rings. The molecule has 0 bridgehead atoms. The van der Waals surface area contributed by atoms with Crippen molar-refractivity contribution < 1.29 is 0 Å². The molecule has 3 N–H and O–H groups in total. The second-order valence-corrected chi connectivity index (χ2v) is 6.74. The fourth-order valence-corrected chi connectivity index (χ4v) is 3.56. The number of hydrazine groups is 1. The second-order valence-electron chi connectivity index (χ2n) is 6.74. The van der Waals surface area contributed by atoms with E-state index in [0.29, 0.717) is 12.0 Å². The standard InChI is InChI=1S/C16H27N5/c1-10-6-4-5-7-13(10)21(3)16-11(2)14(20-17)18-15(19-16)12-8-9-12/h10,12-13H,4-9,17H2,1-3H3,(H,18,19,20). The minimum absolute atomic E-state index is 0.536. The average Bonchev–Trinajstić information content (AvgIpc) is 3.32. The monoisotopic (exact) mass is 289 g/mol. The van der Waals surface area contributed by atoms with Crippen molar-refractivity contribution in [1.82, 2.24) is 9.97 Å². The summed E-state index contributed by atoms with van der Waals surface area (Å²) in [7, 11) is 2.18. The van der Waals surface area contributed by atoms with Crippen LogP contribution in [0.15, 0.2) is 0 Å². The molecule has 1 aromatic heterocycles. The van der Waals surface area contributed by atoms with Crippen molar-refractivity contribution in [1.29, 1.82) is 0 Å². The van der Waals surface area contributed by atoms with Crippen molar-refractivity contribution in [3.63, 3.8) is 0 Å². The van der Waals surface area contributed by atoms with E-state index in [1.54, 1.807) is 0 Å². The van der Waals surface area contributed by atoms with Crippen molar-refractivity contribution in [2.75, 3.05) is 17.4 Å². The van der Waals surface area contributed by atoms with Crippen molar-refractivity contribution in [2.24, 2.45) is 11.8 Å². The summed E-state index contributed by atoms with van der Waals surface area (Å²) in [6, 6.07) is 0.574. The number of rotatable bonds is 4. The second kappa shape index (κ2) is 5.79. The Bertz CT molecular complexity index is 512. The SMILES string of the molecule is Cc1c(NN)nc(C2CC2)nc1N(C)C1CCCCC1C. The molecule has 5 nitrogen and oxygen atoms in total. The van der Waals surface area contributed by atoms with E-state index in [2.05, 4.69) is 36.2 Å².